The molecule has 0 saturated heterocycles. The summed E-state index contributed by atoms with van der Waals surface area (Å²) in [5.74, 6) is 0. The molecule has 0 aromatic carbocycles. The van der Waals surface area contributed by atoms with Gasteiger partial charge in [-0.25, -0.2) is 0 Å². The monoisotopic (exact) mass is 157 g/mol. The molecule has 1 unspecified atom stereocenters. The van der Waals surface area contributed by atoms with Crippen LogP contribution in [0.15, 0.2) is 0 Å². The molecule has 1 N–H and O–H groups in total. The molecule has 1 atom stereocenters. The van der Waals surface area contributed by atoms with Crippen LogP contribution in [0, 0.1) is 0 Å². The maximum Gasteiger partial charge on any atom is 0.136 e. The van der Waals surface area contributed by atoms with Gasteiger partial charge in [0.05, 0.1) is 6.04 Å². The van der Waals surface area contributed by atoms with Crippen molar-refractivity contribution in [2.24, 2.45) is 0 Å². The summed E-state index contributed by atoms with van der Waals surface area (Å²) in [5.41, 5.74) is 0.0424. The van der Waals surface area contributed by atoms with Crippen molar-refractivity contribution < 1.29 is 4.79 Å². The summed E-state index contributed by atoms with van der Waals surface area (Å²) in [7, 11) is 0. The lowest BCUT2D eigenvalue weighted by atomic mass is 10.1. The third-order valence-electron chi connectivity index (χ3n) is 1.38. The molecule has 2 heteroatoms. The van der Waals surface area contributed by atoms with Crippen molar-refractivity contribution >= 4 is 6.29 Å². The zero-order chi connectivity index (χ0) is 8.91. The summed E-state index contributed by atoms with van der Waals surface area (Å²) in [6.07, 6.45) is 2.97. The number of aldehydes is 1. The molecule has 11 heavy (non-hydrogen) atoms. The van der Waals surface area contributed by atoms with Crippen LogP contribution < -0.4 is 5.32 Å². The molecule has 0 fully saturated rings. The largest absolute Gasteiger partial charge is 0.303 e. The van der Waals surface area contributed by atoms with Crippen LogP contribution in [0.1, 0.15) is 40.5 Å². The van der Waals surface area contributed by atoms with Gasteiger partial charge in [0.2, 0.25) is 0 Å². The van der Waals surface area contributed by atoms with E-state index in [9.17, 15) is 4.79 Å². The predicted octanol–water partition coefficient (Wildman–Crippen LogP) is 1.74. The lowest BCUT2D eigenvalue weighted by Gasteiger charge is -2.24. The standard InChI is InChI=1S/C9H19NO/c1-5-6-8(7-11)10-9(2,3)4/h7-8,10H,5-6H2,1-4H3. The van der Waals surface area contributed by atoms with Gasteiger partial charge in [0.25, 0.3) is 0 Å². The molecule has 0 radical (unpaired) electrons. The fourth-order valence-corrected chi connectivity index (χ4v) is 1.04. The average Bonchev–Trinajstić information content (AvgIpc) is 1.84. The molecule has 0 aromatic rings. The highest BCUT2D eigenvalue weighted by atomic mass is 16.1. The summed E-state index contributed by atoms with van der Waals surface area (Å²) >= 11 is 0. The van der Waals surface area contributed by atoms with E-state index >= 15 is 0 Å². The van der Waals surface area contributed by atoms with Crippen LogP contribution in [0.3, 0.4) is 0 Å². The Labute approximate surface area is 69.4 Å². The third-order valence-corrected chi connectivity index (χ3v) is 1.38. The minimum absolute atomic E-state index is 0.0278. The molecular weight excluding hydrogens is 138 g/mol. The first kappa shape index (κ1) is 10.6. The molecule has 0 aliphatic carbocycles. The minimum Gasteiger partial charge on any atom is -0.303 e. The van der Waals surface area contributed by atoms with Crippen molar-refractivity contribution in [1.29, 1.82) is 0 Å². The van der Waals surface area contributed by atoms with Crippen LogP contribution in [0.5, 0.6) is 0 Å². The minimum atomic E-state index is 0.0278. The fourth-order valence-electron chi connectivity index (χ4n) is 1.04. The smallest absolute Gasteiger partial charge is 0.136 e. The van der Waals surface area contributed by atoms with Gasteiger partial charge in [-0.05, 0) is 27.2 Å². The Morgan fingerprint density at radius 2 is 2.00 bits per heavy atom. The maximum absolute atomic E-state index is 10.5. The van der Waals surface area contributed by atoms with Crippen LogP contribution in [0.25, 0.3) is 0 Å². The van der Waals surface area contributed by atoms with Crippen molar-refractivity contribution in [1.82, 2.24) is 5.32 Å². The average molecular weight is 157 g/mol. The Morgan fingerprint density at radius 3 is 2.27 bits per heavy atom. The lowest BCUT2D eigenvalue weighted by Crippen LogP contribution is -2.44. The van der Waals surface area contributed by atoms with E-state index in [1.807, 2.05) is 0 Å². The van der Waals surface area contributed by atoms with Gasteiger partial charge in [-0.3, -0.25) is 0 Å². The quantitative estimate of drug-likeness (QED) is 0.630. The third kappa shape index (κ3) is 6.05. The van der Waals surface area contributed by atoms with Gasteiger partial charge >= 0.3 is 0 Å². The number of rotatable bonds is 4. The first-order valence-electron chi connectivity index (χ1n) is 4.22. The Kier molecular flexibility index (Phi) is 4.34. The van der Waals surface area contributed by atoms with Crippen LogP contribution >= 0.6 is 0 Å². The molecule has 0 aromatic heterocycles. The number of nitrogens with one attached hydrogen (secondary N) is 1. The molecule has 0 saturated carbocycles. The summed E-state index contributed by atoms with van der Waals surface area (Å²) in [4.78, 5) is 10.5. The van der Waals surface area contributed by atoms with Crippen molar-refractivity contribution in [2.45, 2.75) is 52.1 Å². The van der Waals surface area contributed by atoms with E-state index < -0.39 is 0 Å². The van der Waals surface area contributed by atoms with E-state index in [1.165, 1.54) is 0 Å². The molecule has 2 nitrogen and oxygen atoms in total. The van der Waals surface area contributed by atoms with Gasteiger partial charge in [-0.15, -0.1) is 0 Å². The Balaban J connectivity index is 3.77. The van der Waals surface area contributed by atoms with E-state index in [2.05, 4.69) is 33.0 Å². The van der Waals surface area contributed by atoms with Gasteiger partial charge < -0.3 is 10.1 Å². The van der Waals surface area contributed by atoms with Gasteiger partial charge in [0.1, 0.15) is 6.29 Å². The Hall–Kier alpha value is -0.370. The van der Waals surface area contributed by atoms with Crippen molar-refractivity contribution in [3.63, 3.8) is 0 Å². The highest BCUT2D eigenvalue weighted by molar-refractivity contribution is 5.57. The maximum atomic E-state index is 10.5. The second-order valence-electron chi connectivity index (χ2n) is 3.93. The van der Waals surface area contributed by atoms with Gasteiger partial charge in [-0.2, -0.15) is 0 Å². The summed E-state index contributed by atoms with van der Waals surface area (Å²) in [5, 5.41) is 3.24. The van der Waals surface area contributed by atoms with E-state index in [0.717, 1.165) is 19.1 Å². The predicted molar refractivity (Wildman–Crippen MR) is 47.6 cm³/mol. The Bertz CT molecular complexity index is 115. The van der Waals surface area contributed by atoms with Gasteiger partial charge in [0.15, 0.2) is 0 Å². The first-order valence-corrected chi connectivity index (χ1v) is 4.22. The molecule has 0 spiro atoms. The van der Waals surface area contributed by atoms with E-state index in [4.69, 9.17) is 0 Å². The molecule has 0 bridgehead atoms. The highest BCUT2D eigenvalue weighted by Crippen LogP contribution is 2.03. The molecule has 0 aliphatic heterocycles. The molecule has 0 amide bonds. The van der Waals surface area contributed by atoms with Gasteiger partial charge in [0, 0.05) is 5.54 Å². The zero-order valence-electron chi connectivity index (χ0n) is 7.98. The summed E-state index contributed by atoms with van der Waals surface area (Å²) in [6, 6.07) is 0.0278. The normalized spacial score (nSPS) is 14.5. The van der Waals surface area contributed by atoms with Crippen molar-refractivity contribution in [3.05, 3.63) is 0 Å². The van der Waals surface area contributed by atoms with E-state index in [0.29, 0.717) is 0 Å². The zero-order valence-corrected chi connectivity index (χ0v) is 7.98. The highest BCUT2D eigenvalue weighted by Gasteiger charge is 2.14. The second kappa shape index (κ2) is 4.50. The molecular formula is C9H19NO. The molecule has 0 aliphatic rings. The number of carbonyl (C=O) groups is 1. The van der Waals surface area contributed by atoms with Gasteiger partial charge in [-0.1, -0.05) is 13.3 Å². The lowest BCUT2D eigenvalue weighted by molar-refractivity contribution is -0.110. The van der Waals surface area contributed by atoms with E-state index in [-0.39, 0.29) is 11.6 Å². The summed E-state index contributed by atoms with van der Waals surface area (Å²) in [6.45, 7) is 8.29. The fraction of sp³-hybridized carbons (Fsp3) is 0.889. The number of hydrogen-bond acceptors (Lipinski definition) is 2. The number of carbonyl (C=O) groups excluding carboxylic acids is 1. The van der Waals surface area contributed by atoms with Crippen molar-refractivity contribution in [2.75, 3.05) is 0 Å². The summed E-state index contributed by atoms with van der Waals surface area (Å²) < 4.78 is 0. The number of hydrogen-bond donors (Lipinski definition) is 1. The first-order chi connectivity index (χ1) is 4.99. The molecule has 0 heterocycles. The molecule has 0 rings (SSSR count). The van der Waals surface area contributed by atoms with Crippen LogP contribution in [0.4, 0.5) is 0 Å². The van der Waals surface area contributed by atoms with Crippen LogP contribution in [-0.2, 0) is 4.79 Å². The topological polar surface area (TPSA) is 29.1 Å². The van der Waals surface area contributed by atoms with Crippen LogP contribution in [0.2, 0.25) is 0 Å². The van der Waals surface area contributed by atoms with Crippen LogP contribution in [-0.4, -0.2) is 17.9 Å². The molecule has 66 valence electrons. The van der Waals surface area contributed by atoms with Crippen molar-refractivity contribution in [3.8, 4) is 0 Å². The van der Waals surface area contributed by atoms with E-state index in [1.54, 1.807) is 0 Å². The SMILES string of the molecule is CCCC(C=O)NC(C)(C)C. The Morgan fingerprint density at radius 1 is 1.45 bits per heavy atom. The second-order valence-corrected chi connectivity index (χ2v) is 3.93.